The van der Waals surface area contributed by atoms with Crippen LogP contribution in [-0.4, -0.2) is 27.2 Å². The molecule has 5 nitrogen and oxygen atoms in total. The summed E-state index contributed by atoms with van der Waals surface area (Å²) in [6, 6.07) is 13.1. The van der Waals surface area contributed by atoms with Crippen LogP contribution in [0.25, 0.3) is 5.69 Å². The lowest BCUT2D eigenvalue weighted by Crippen LogP contribution is -2.27. The predicted molar refractivity (Wildman–Crippen MR) is 98.6 cm³/mol. The van der Waals surface area contributed by atoms with Crippen LogP contribution in [0, 0.1) is 6.92 Å². The number of nitrogens with one attached hydrogen (secondary N) is 1. The number of hydrogen-bond donors (Lipinski definition) is 1. The van der Waals surface area contributed by atoms with Gasteiger partial charge in [-0.2, -0.15) is 0 Å². The Morgan fingerprint density at radius 1 is 1.20 bits per heavy atom. The number of benzene rings is 2. The maximum Gasteiger partial charge on any atom is 0.290 e. The SMILES string of the molecule is Cc1ccccc1-n1cnc(C(=O)NCCc2ccc(Cl)cc2Cl)n1. The number of para-hydroxylation sites is 1. The van der Waals surface area contributed by atoms with Gasteiger partial charge in [-0.1, -0.05) is 47.5 Å². The standard InChI is InChI=1S/C18H16Cl2N4O/c1-12-4-2-3-5-16(12)24-11-22-17(23-24)18(25)21-9-8-13-6-7-14(19)10-15(13)20/h2-7,10-11H,8-9H2,1H3,(H,21,25). The van der Waals surface area contributed by atoms with E-state index in [2.05, 4.69) is 15.4 Å². The first-order chi connectivity index (χ1) is 12.0. The summed E-state index contributed by atoms with van der Waals surface area (Å²) >= 11 is 12.0. The van der Waals surface area contributed by atoms with Crippen molar-refractivity contribution >= 4 is 29.1 Å². The molecule has 1 heterocycles. The summed E-state index contributed by atoms with van der Waals surface area (Å²) in [5, 5.41) is 8.22. The smallest absolute Gasteiger partial charge is 0.290 e. The predicted octanol–water partition coefficient (Wildman–Crippen LogP) is 3.86. The monoisotopic (exact) mass is 374 g/mol. The van der Waals surface area contributed by atoms with Crippen molar-refractivity contribution in [2.75, 3.05) is 6.54 Å². The fourth-order valence-corrected chi connectivity index (χ4v) is 2.92. The van der Waals surface area contributed by atoms with Crippen LogP contribution in [0.15, 0.2) is 48.8 Å². The van der Waals surface area contributed by atoms with E-state index in [0.717, 1.165) is 16.8 Å². The summed E-state index contributed by atoms with van der Waals surface area (Å²) in [5.74, 6) is -0.192. The van der Waals surface area contributed by atoms with E-state index in [9.17, 15) is 4.79 Å². The molecule has 0 aliphatic heterocycles. The van der Waals surface area contributed by atoms with Gasteiger partial charge in [0.15, 0.2) is 0 Å². The summed E-state index contributed by atoms with van der Waals surface area (Å²) in [6.07, 6.45) is 2.13. The van der Waals surface area contributed by atoms with Gasteiger partial charge in [-0.05, 0) is 42.7 Å². The maximum absolute atomic E-state index is 12.2. The number of aromatic nitrogens is 3. The van der Waals surface area contributed by atoms with Crippen LogP contribution in [0.2, 0.25) is 10.0 Å². The summed E-state index contributed by atoms with van der Waals surface area (Å²) in [5.41, 5.74) is 2.86. The van der Waals surface area contributed by atoms with E-state index in [0.29, 0.717) is 23.0 Å². The molecule has 0 unspecified atom stereocenters. The van der Waals surface area contributed by atoms with E-state index >= 15 is 0 Å². The fourth-order valence-electron chi connectivity index (χ4n) is 2.42. The van der Waals surface area contributed by atoms with E-state index in [1.54, 1.807) is 16.8 Å². The Morgan fingerprint density at radius 3 is 2.76 bits per heavy atom. The number of carbonyl (C=O) groups is 1. The van der Waals surface area contributed by atoms with Crippen molar-refractivity contribution in [3.63, 3.8) is 0 Å². The highest BCUT2D eigenvalue weighted by Gasteiger charge is 2.12. The Balaban J connectivity index is 1.62. The molecule has 0 radical (unpaired) electrons. The zero-order chi connectivity index (χ0) is 17.8. The lowest BCUT2D eigenvalue weighted by molar-refractivity contribution is 0.0944. The van der Waals surface area contributed by atoms with Gasteiger partial charge in [0.1, 0.15) is 6.33 Å². The molecule has 1 N–H and O–H groups in total. The number of nitrogens with zero attached hydrogens (tertiary/aromatic N) is 3. The number of carbonyl (C=O) groups excluding carboxylic acids is 1. The molecule has 0 saturated carbocycles. The number of amides is 1. The molecule has 1 aromatic heterocycles. The van der Waals surface area contributed by atoms with Crippen molar-refractivity contribution in [1.29, 1.82) is 0 Å². The van der Waals surface area contributed by atoms with Crippen molar-refractivity contribution in [1.82, 2.24) is 20.1 Å². The highest BCUT2D eigenvalue weighted by Crippen LogP contribution is 2.21. The zero-order valence-electron chi connectivity index (χ0n) is 13.5. The molecule has 0 saturated heterocycles. The molecule has 2 aromatic carbocycles. The first kappa shape index (κ1) is 17.5. The summed E-state index contributed by atoms with van der Waals surface area (Å²) in [7, 11) is 0. The van der Waals surface area contributed by atoms with Crippen molar-refractivity contribution in [3.8, 4) is 5.69 Å². The van der Waals surface area contributed by atoms with E-state index in [1.165, 1.54) is 6.33 Å². The Bertz CT molecular complexity index is 908. The molecule has 0 bridgehead atoms. The minimum Gasteiger partial charge on any atom is -0.349 e. The third-order valence-corrected chi connectivity index (χ3v) is 4.34. The van der Waals surface area contributed by atoms with E-state index < -0.39 is 0 Å². The second-order valence-electron chi connectivity index (χ2n) is 5.54. The van der Waals surface area contributed by atoms with Crippen LogP contribution in [0.1, 0.15) is 21.7 Å². The van der Waals surface area contributed by atoms with Gasteiger partial charge in [-0.25, -0.2) is 9.67 Å². The van der Waals surface area contributed by atoms with Crippen molar-refractivity contribution < 1.29 is 4.79 Å². The van der Waals surface area contributed by atoms with E-state index in [1.807, 2.05) is 37.3 Å². The minimum absolute atomic E-state index is 0.130. The van der Waals surface area contributed by atoms with E-state index in [-0.39, 0.29) is 11.7 Å². The molecule has 0 spiro atoms. The van der Waals surface area contributed by atoms with Crippen LogP contribution in [0.4, 0.5) is 0 Å². The molecule has 3 rings (SSSR count). The van der Waals surface area contributed by atoms with Crippen molar-refractivity contribution in [3.05, 3.63) is 75.8 Å². The summed E-state index contributed by atoms with van der Waals surface area (Å²) < 4.78 is 1.60. The molecule has 1 amide bonds. The van der Waals surface area contributed by atoms with Gasteiger partial charge in [-0.15, -0.1) is 5.10 Å². The van der Waals surface area contributed by atoms with E-state index in [4.69, 9.17) is 23.2 Å². The lowest BCUT2D eigenvalue weighted by Gasteiger charge is -2.06. The van der Waals surface area contributed by atoms with Gasteiger partial charge in [0.2, 0.25) is 5.82 Å². The van der Waals surface area contributed by atoms with Gasteiger partial charge in [0.05, 0.1) is 5.69 Å². The van der Waals surface area contributed by atoms with Crippen LogP contribution in [0.5, 0.6) is 0 Å². The van der Waals surface area contributed by atoms with Gasteiger partial charge >= 0.3 is 0 Å². The second kappa shape index (κ2) is 7.68. The number of rotatable bonds is 5. The average molecular weight is 375 g/mol. The highest BCUT2D eigenvalue weighted by atomic mass is 35.5. The Kier molecular flexibility index (Phi) is 5.36. The van der Waals surface area contributed by atoms with Gasteiger partial charge in [0.25, 0.3) is 5.91 Å². The molecule has 0 aliphatic carbocycles. The minimum atomic E-state index is -0.322. The van der Waals surface area contributed by atoms with Crippen molar-refractivity contribution in [2.24, 2.45) is 0 Å². The molecule has 25 heavy (non-hydrogen) atoms. The van der Waals surface area contributed by atoms with Crippen molar-refractivity contribution in [2.45, 2.75) is 13.3 Å². The third-order valence-electron chi connectivity index (χ3n) is 3.75. The molecule has 128 valence electrons. The Labute approximate surface area is 155 Å². The van der Waals surface area contributed by atoms with Gasteiger partial charge in [-0.3, -0.25) is 4.79 Å². The Morgan fingerprint density at radius 2 is 2.00 bits per heavy atom. The molecule has 0 atom stereocenters. The van der Waals surface area contributed by atoms with Crippen LogP contribution < -0.4 is 5.32 Å². The summed E-state index contributed by atoms with van der Waals surface area (Å²) in [4.78, 5) is 16.3. The fraction of sp³-hybridized carbons (Fsp3) is 0.167. The maximum atomic E-state index is 12.2. The molecule has 0 aliphatic rings. The summed E-state index contributed by atoms with van der Waals surface area (Å²) in [6.45, 7) is 2.41. The molecule has 7 heteroatoms. The first-order valence-electron chi connectivity index (χ1n) is 7.74. The molecule has 3 aromatic rings. The molecule has 0 fully saturated rings. The lowest BCUT2D eigenvalue weighted by atomic mass is 10.1. The topological polar surface area (TPSA) is 59.8 Å². The second-order valence-corrected chi connectivity index (χ2v) is 6.38. The third kappa shape index (κ3) is 4.18. The normalized spacial score (nSPS) is 10.7. The number of hydrogen-bond acceptors (Lipinski definition) is 3. The van der Waals surface area contributed by atoms with Crippen LogP contribution >= 0.6 is 23.2 Å². The number of halogens is 2. The molecular formula is C18H16Cl2N4O. The zero-order valence-corrected chi connectivity index (χ0v) is 15.1. The van der Waals surface area contributed by atoms with Crippen LogP contribution in [-0.2, 0) is 6.42 Å². The quantitative estimate of drug-likeness (QED) is 0.737. The first-order valence-corrected chi connectivity index (χ1v) is 8.50. The van der Waals surface area contributed by atoms with Crippen LogP contribution in [0.3, 0.4) is 0 Å². The average Bonchev–Trinajstić information content (AvgIpc) is 3.07. The highest BCUT2D eigenvalue weighted by molar-refractivity contribution is 6.35. The number of aryl methyl sites for hydroxylation is 1. The Hall–Kier alpha value is -2.37. The largest absolute Gasteiger partial charge is 0.349 e. The van der Waals surface area contributed by atoms with Gasteiger partial charge < -0.3 is 5.32 Å². The molecular weight excluding hydrogens is 359 g/mol. The van der Waals surface area contributed by atoms with Gasteiger partial charge in [0, 0.05) is 16.6 Å².